The maximum atomic E-state index is 13.7. The zero-order valence-electron chi connectivity index (χ0n) is 14.0. The molecule has 2 N–H and O–H groups in total. The molecule has 5 nitrogen and oxygen atoms in total. The van der Waals surface area contributed by atoms with Crippen molar-refractivity contribution in [3.05, 3.63) is 47.2 Å². The number of halogens is 3. The molecule has 0 saturated heterocycles. The molecule has 0 aliphatic rings. The third-order valence-corrected chi connectivity index (χ3v) is 3.43. The summed E-state index contributed by atoms with van der Waals surface area (Å²) in [4.78, 5) is 20.2. The van der Waals surface area contributed by atoms with Crippen LogP contribution < -0.4 is 10.6 Å². The minimum atomic E-state index is -1.58. The minimum Gasteiger partial charge on any atom is -0.351 e. The number of aromatic nitrogens is 2. The number of unbranched alkanes of at least 4 members (excludes halogenated alkanes) is 2. The lowest BCUT2D eigenvalue weighted by Crippen LogP contribution is -2.25. The second-order valence-corrected chi connectivity index (χ2v) is 5.50. The normalized spacial score (nSPS) is 10.6. The van der Waals surface area contributed by atoms with Crippen LogP contribution in [0.1, 0.15) is 42.5 Å². The molecule has 2 rings (SSSR count). The number of nitrogens with one attached hydrogen (secondary N) is 2. The molecule has 1 aromatic heterocycles. The zero-order valence-corrected chi connectivity index (χ0v) is 14.0. The standard InChI is InChI=1S/C17H19F3N4O/c1-3-4-5-8-21-17(25)13-9-14(23-10(2)22-13)24-12-7-6-11(18)15(19)16(12)20/h6-7,9H,3-5,8H2,1-2H3,(H,21,25)(H,22,23,24). The van der Waals surface area contributed by atoms with Gasteiger partial charge in [0.25, 0.3) is 5.91 Å². The topological polar surface area (TPSA) is 66.9 Å². The van der Waals surface area contributed by atoms with Crippen LogP contribution in [0.5, 0.6) is 0 Å². The van der Waals surface area contributed by atoms with Crippen molar-refractivity contribution in [2.24, 2.45) is 0 Å². The van der Waals surface area contributed by atoms with Crippen molar-refractivity contribution < 1.29 is 18.0 Å². The van der Waals surface area contributed by atoms with Crippen molar-refractivity contribution in [3.8, 4) is 0 Å². The smallest absolute Gasteiger partial charge is 0.270 e. The van der Waals surface area contributed by atoms with Crippen molar-refractivity contribution in [2.45, 2.75) is 33.1 Å². The summed E-state index contributed by atoms with van der Waals surface area (Å²) in [6, 6.07) is 3.18. The lowest BCUT2D eigenvalue weighted by molar-refractivity contribution is 0.0947. The molecule has 0 fully saturated rings. The highest BCUT2D eigenvalue weighted by Gasteiger charge is 2.15. The fourth-order valence-corrected chi connectivity index (χ4v) is 2.18. The first kappa shape index (κ1) is 18.7. The molecule has 0 unspecified atom stereocenters. The molecule has 1 amide bonds. The Morgan fingerprint density at radius 1 is 1.12 bits per heavy atom. The van der Waals surface area contributed by atoms with Crippen molar-refractivity contribution in [1.29, 1.82) is 0 Å². The Hall–Kier alpha value is -2.64. The Balaban J connectivity index is 2.16. The van der Waals surface area contributed by atoms with E-state index in [4.69, 9.17) is 0 Å². The second-order valence-electron chi connectivity index (χ2n) is 5.50. The predicted molar refractivity (Wildman–Crippen MR) is 88.2 cm³/mol. The first-order valence-electron chi connectivity index (χ1n) is 7.96. The Morgan fingerprint density at radius 2 is 1.88 bits per heavy atom. The van der Waals surface area contributed by atoms with Crippen molar-refractivity contribution in [1.82, 2.24) is 15.3 Å². The number of carbonyl (C=O) groups excluding carboxylic acids is 1. The summed E-state index contributed by atoms with van der Waals surface area (Å²) in [7, 11) is 0. The Kier molecular flexibility index (Phi) is 6.32. The fraction of sp³-hybridized carbons (Fsp3) is 0.353. The zero-order chi connectivity index (χ0) is 18.4. The van der Waals surface area contributed by atoms with E-state index in [1.54, 1.807) is 6.92 Å². The van der Waals surface area contributed by atoms with E-state index in [9.17, 15) is 18.0 Å². The summed E-state index contributed by atoms with van der Waals surface area (Å²) < 4.78 is 40.0. The van der Waals surface area contributed by atoms with E-state index in [1.165, 1.54) is 6.07 Å². The third kappa shape index (κ3) is 4.91. The maximum Gasteiger partial charge on any atom is 0.270 e. The summed E-state index contributed by atoms with van der Waals surface area (Å²) in [5.41, 5.74) is -0.180. The molecule has 25 heavy (non-hydrogen) atoms. The van der Waals surface area contributed by atoms with Gasteiger partial charge in [-0.25, -0.2) is 23.1 Å². The van der Waals surface area contributed by atoms with Gasteiger partial charge in [-0.2, -0.15) is 0 Å². The lowest BCUT2D eigenvalue weighted by atomic mass is 10.2. The summed E-state index contributed by atoms with van der Waals surface area (Å²) in [6.07, 6.45) is 2.90. The van der Waals surface area contributed by atoms with Crippen LogP contribution in [0, 0.1) is 24.4 Å². The average molecular weight is 352 g/mol. The van der Waals surface area contributed by atoms with Gasteiger partial charge in [-0.05, 0) is 25.5 Å². The van der Waals surface area contributed by atoms with Gasteiger partial charge in [0, 0.05) is 12.6 Å². The van der Waals surface area contributed by atoms with Crippen LogP contribution in [0.2, 0.25) is 0 Å². The van der Waals surface area contributed by atoms with E-state index in [0.29, 0.717) is 6.54 Å². The van der Waals surface area contributed by atoms with Gasteiger partial charge in [0.15, 0.2) is 17.5 Å². The molecule has 0 radical (unpaired) electrons. The van der Waals surface area contributed by atoms with Gasteiger partial charge < -0.3 is 10.6 Å². The number of nitrogens with zero attached hydrogens (tertiary/aromatic N) is 2. The van der Waals surface area contributed by atoms with Crippen LogP contribution in [0.25, 0.3) is 0 Å². The highest BCUT2D eigenvalue weighted by atomic mass is 19.2. The minimum absolute atomic E-state index is 0.106. The van der Waals surface area contributed by atoms with Crippen LogP contribution in [0.15, 0.2) is 18.2 Å². The fourth-order valence-electron chi connectivity index (χ4n) is 2.18. The van der Waals surface area contributed by atoms with Crippen LogP contribution in [0.4, 0.5) is 24.7 Å². The number of carbonyl (C=O) groups is 1. The number of benzene rings is 1. The van der Waals surface area contributed by atoms with Gasteiger partial charge in [-0.1, -0.05) is 19.8 Å². The molecule has 134 valence electrons. The van der Waals surface area contributed by atoms with E-state index >= 15 is 0 Å². The molecule has 2 aromatic rings. The summed E-state index contributed by atoms with van der Waals surface area (Å²) in [6.45, 7) is 4.15. The number of rotatable bonds is 7. The average Bonchev–Trinajstić information content (AvgIpc) is 2.58. The molecule has 8 heteroatoms. The molecule has 0 saturated carbocycles. The molecule has 0 aliphatic carbocycles. The largest absolute Gasteiger partial charge is 0.351 e. The first-order chi connectivity index (χ1) is 11.9. The Morgan fingerprint density at radius 3 is 2.60 bits per heavy atom. The monoisotopic (exact) mass is 352 g/mol. The highest BCUT2D eigenvalue weighted by molar-refractivity contribution is 5.93. The Labute approximate surface area is 143 Å². The predicted octanol–water partition coefficient (Wildman–Crippen LogP) is 3.87. The van der Waals surface area contributed by atoms with Gasteiger partial charge in [0.1, 0.15) is 17.3 Å². The van der Waals surface area contributed by atoms with Gasteiger partial charge in [-0.15, -0.1) is 0 Å². The molecular formula is C17H19F3N4O. The Bertz CT molecular complexity index is 768. The first-order valence-corrected chi connectivity index (χ1v) is 7.96. The molecule has 0 bridgehead atoms. The molecule has 0 atom stereocenters. The van der Waals surface area contributed by atoms with Crippen LogP contribution in [-0.4, -0.2) is 22.4 Å². The van der Waals surface area contributed by atoms with Crippen molar-refractivity contribution in [2.75, 3.05) is 11.9 Å². The third-order valence-electron chi connectivity index (χ3n) is 3.43. The quantitative estimate of drug-likeness (QED) is 0.586. The van der Waals surface area contributed by atoms with Crippen molar-refractivity contribution in [3.63, 3.8) is 0 Å². The van der Waals surface area contributed by atoms with Crippen molar-refractivity contribution >= 4 is 17.4 Å². The van der Waals surface area contributed by atoms with E-state index in [0.717, 1.165) is 31.4 Å². The van der Waals surface area contributed by atoms with Gasteiger partial charge in [0.05, 0.1) is 5.69 Å². The van der Waals surface area contributed by atoms with Gasteiger partial charge in [0.2, 0.25) is 0 Å². The molecule has 0 aliphatic heterocycles. The van der Waals surface area contributed by atoms with E-state index < -0.39 is 17.5 Å². The van der Waals surface area contributed by atoms with Gasteiger partial charge >= 0.3 is 0 Å². The van der Waals surface area contributed by atoms with Crippen LogP contribution >= 0.6 is 0 Å². The summed E-state index contributed by atoms with van der Waals surface area (Å²) in [5.74, 6) is -4.21. The SMILES string of the molecule is CCCCCNC(=O)c1cc(Nc2ccc(F)c(F)c2F)nc(C)n1. The summed E-state index contributed by atoms with van der Waals surface area (Å²) >= 11 is 0. The number of hydrogen-bond acceptors (Lipinski definition) is 4. The number of anilines is 2. The maximum absolute atomic E-state index is 13.7. The number of hydrogen-bond donors (Lipinski definition) is 2. The lowest BCUT2D eigenvalue weighted by Gasteiger charge is -2.10. The number of aryl methyl sites for hydroxylation is 1. The van der Waals surface area contributed by atoms with Gasteiger partial charge in [-0.3, -0.25) is 4.79 Å². The highest BCUT2D eigenvalue weighted by Crippen LogP contribution is 2.23. The van der Waals surface area contributed by atoms with Crippen LogP contribution in [-0.2, 0) is 0 Å². The molecule has 1 aromatic carbocycles. The van der Waals surface area contributed by atoms with E-state index in [1.807, 2.05) is 0 Å². The second kappa shape index (κ2) is 8.46. The van der Waals surface area contributed by atoms with E-state index in [-0.39, 0.29) is 28.9 Å². The summed E-state index contributed by atoms with van der Waals surface area (Å²) in [5, 5.41) is 5.28. The number of amides is 1. The molecule has 1 heterocycles. The molecule has 0 spiro atoms. The van der Waals surface area contributed by atoms with E-state index in [2.05, 4.69) is 27.5 Å². The molecular weight excluding hydrogens is 333 g/mol. The van der Waals surface area contributed by atoms with Crippen LogP contribution in [0.3, 0.4) is 0 Å².